The summed E-state index contributed by atoms with van der Waals surface area (Å²) in [5.41, 5.74) is 2.98. The van der Waals surface area contributed by atoms with E-state index in [9.17, 15) is 4.79 Å². The van der Waals surface area contributed by atoms with Gasteiger partial charge in [0, 0.05) is 5.56 Å². The van der Waals surface area contributed by atoms with E-state index >= 15 is 0 Å². The van der Waals surface area contributed by atoms with Gasteiger partial charge in [-0.1, -0.05) is 42.0 Å². The zero-order valence-corrected chi connectivity index (χ0v) is 11.0. The second-order valence-electron chi connectivity index (χ2n) is 4.53. The number of aromatic nitrogens is 3. The monoisotopic (exact) mass is 263 g/mol. The molecule has 0 unspecified atom stereocenters. The van der Waals surface area contributed by atoms with Crippen molar-refractivity contribution in [1.82, 2.24) is 15.0 Å². The molecule has 4 heteroatoms. The minimum atomic E-state index is -0.0263. The van der Waals surface area contributed by atoms with Gasteiger partial charge in [0.25, 0.3) is 0 Å². The molecule has 0 saturated carbocycles. The van der Waals surface area contributed by atoms with E-state index in [1.54, 1.807) is 12.4 Å². The normalized spacial score (nSPS) is 10.4. The Morgan fingerprint density at radius 1 is 1.00 bits per heavy atom. The molecule has 2 aromatic carbocycles. The number of aryl methyl sites for hydroxylation is 1. The maximum atomic E-state index is 12.6. The Morgan fingerprint density at radius 3 is 2.40 bits per heavy atom. The molecule has 0 atom stereocenters. The quantitative estimate of drug-likeness (QED) is 0.683. The number of nitrogens with zero attached hydrogens (tertiary/aromatic N) is 3. The molecule has 98 valence electrons. The van der Waals surface area contributed by atoms with Crippen LogP contribution in [0.5, 0.6) is 0 Å². The lowest BCUT2D eigenvalue weighted by atomic mass is 10.00. The van der Waals surface area contributed by atoms with Gasteiger partial charge < -0.3 is 0 Å². The summed E-state index contributed by atoms with van der Waals surface area (Å²) in [6.45, 7) is 1.96. The highest BCUT2D eigenvalue weighted by molar-refractivity contribution is 6.11. The van der Waals surface area contributed by atoms with Gasteiger partial charge in [0.05, 0.1) is 23.6 Å². The van der Waals surface area contributed by atoms with Crippen LogP contribution in [-0.4, -0.2) is 20.8 Å². The van der Waals surface area contributed by atoms with Crippen molar-refractivity contribution >= 4 is 5.78 Å². The third-order valence-electron chi connectivity index (χ3n) is 3.07. The minimum Gasteiger partial charge on any atom is -0.289 e. The van der Waals surface area contributed by atoms with Gasteiger partial charge in [-0.05, 0) is 19.1 Å². The number of benzene rings is 2. The first kappa shape index (κ1) is 12.3. The molecule has 1 aromatic heterocycles. The van der Waals surface area contributed by atoms with Crippen LogP contribution in [0.4, 0.5) is 0 Å². The molecule has 0 aliphatic heterocycles. The van der Waals surface area contributed by atoms with E-state index in [4.69, 9.17) is 0 Å². The molecule has 0 aliphatic carbocycles. The Bertz CT molecular complexity index is 734. The summed E-state index contributed by atoms with van der Waals surface area (Å²) in [7, 11) is 0. The van der Waals surface area contributed by atoms with Crippen LogP contribution in [0.3, 0.4) is 0 Å². The van der Waals surface area contributed by atoms with Crippen LogP contribution in [0.25, 0.3) is 5.69 Å². The topological polar surface area (TPSA) is 47.8 Å². The van der Waals surface area contributed by atoms with E-state index in [0.717, 1.165) is 5.56 Å². The first-order valence-corrected chi connectivity index (χ1v) is 6.33. The van der Waals surface area contributed by atoms with Crippen molar-refractivity contribution in [1.29, 1.82) is 0 Å². The zero-order valence-electron chi connectivity index (χ0n) is 11.0. The molecular formula is C16H13N3O. The molecule has 20 heavy (non-hydrogen) atoms. The summed E-state index contributed by atoms with van der Waals surface area (Å²) in [6, 6.07) is 14.9. The van der Waals surface area contributed by atoms with Gasteiger partial charge >= 0.3 is 0 Å². The average molecular weight is 263 g/mol. The smallest absolute Gasteiger partial charge is 0.195 e. The molecule has 0 spiro atoms. The minimum absolute atomic E-state index is 0.0263. The van der Waals surface area contributed by atoms with Gasteiger partial charge in [0.15, 0.2) is 5.78 Å². The SMILES string of the molecule is Cc1ccc(-n2nccn2)c(C(=O)c2ccccc2)c1. The fourth-order valence-corrected chi connectivity index (χ4v) is 2.09. The number of hydrogen-bond acceptors (Lipinski definition) is 3. The molecular weight excluding hydrogens is 250 g/mol. The van der Waals surface area contributed by atoms with Crippen molar-refractivity contribution in [3.05, 3.63) is 77.6 Å². The summed E-state index contributed by atoms with van der Waals surface area (Å²) < 4.78 is 0. The third kappa shape index (κ3) is 2.23. The van der Waals surface area contributed by atoms with Gasteiger partial charge in [0.2, 0.25) is 0 Å². The van der Waals surface area contributed by atoms with Crippen molar-refractivity contribution in [3.8, 4) is 5.69 Å². The van der Waals surface area contributed by atoms with Crippen molar-refractivity contribution in [2.24, 2.45) is 0 Å². The van der Waals surface area contributed by atoms with Crippen LogP contribution in [0, 0.1) is 6.92 Å². The van der Waals surface area contributed by atoms with E-state index in [1.165, 1.54) is 4.80 Å². The van der Waals surface area contributed by atoms with E-state index < -0.39 is 0 Å². The molecule has 0 radical (unpaired) electrons. The molecule has 0 amide bonds. The van der Waals surface area contributed by atoms with Crippen molar-refractivity contribution in [2.45, 2.75) is 6.92 Å². The van der Waals surface area contributed by atoms with Crippen LogP contribution < -0.4 is 0 Å². The van der Waals surface area contributed by atoms with E-state index in [0.29, 0.717) is 16.8 Å². The molecule has 3 aromatic rings. The molecule has 0 N–H and O–H groups in total. The first-order valence-electron chi connectivity index (χ1n) is 6.33. The van der Waals surface area contributed by atoms with Crippen molar-refractivity contribution < 1.29 is 4.79 Å². The van der Waals surface area contributed by atoms with Gasteiger partial charge in [-0.3, -0.25) is 4.79 Å². The van der Waals surface area contributed by atoms with Crippen molar-refractivity contribution in [2.75, 3.05) is 0 Å². The predicted molar refractivity (Wildman–Crippen MR) is 76.0 cm³/mol. The molecule has 0 fully saturated rings. The number of carbonyl (C=O) groups is 1. The molecule has 1 heterocycles. The van der Waals surface area contributed by atoms with Gasteiger partial charge in [-0.25, -0.2) is 0 Å². The van der Waals surface area contributed by atoms with Crippen LogP contribution in [0.2, 0.25) is 0 Å². The molecule has 0 saturated heterocycles. The maximum absolute atomic E-state index is 12.6. The summed E-state index contributed by atoms with van der Waals surface area (Å²) >= 11 is 0. The average Bonchev–Trinajstić information content (AvgIpc) is 3.01. The first-order chi connectivity index (χ1) is 9.75. The Balaban J connectivity index is 2.13. The summed E-state index contributed by atoms with van der Waals surface area (Å²) in [6.07, 6.45) is 3.19. The van der Waals surface area contributed by atoms with Crippen LogP contribution in [0.15, 0.2) is 60.9 Å². The summed E-state index contributed by atoms with van der Waals surface area (Å²) in [5, 5.41) is 8.21. The molecule has 4 nitrogen and oxygen atoms in total. The standard InChI is InChI=1S/C16H13N3O/c1-12-7-8-15(19-17-9-10-18-19)14(11-12)16(20)13-5-3-2-4-6-13/h2-11H,1H3. The molecule has 0 bridgehead atoms. The highest BCUT2D eigenvalue weighted by Gasteiger charge is 2.15. The summed E-state index contributed by atoms with van der Waals surface area (Å²) in [4.78, 5) is 14.1. The second kappa shape index (κ2) is 5.09. The van der Waals surface area contributed by atoms with Crippen LogP contribution >= 0.6 is 0 Å². The van der Waals surface area contributed by atoms with E-state index in [2.05, 4.69) is 10.2 Å². The highest BCUT2D eigenvalue weighted by Crippen LogP contribution is 2.19. The fraction of sp³-hybridized carbons (Fsp3) is 0.0625. The third-order valence-corrected chi connectivity index (χ3v) is 3.07. The number of carbonyl (C=O) groups excluding carboxylic acids is 1. The Labute approximate surface area is 116 Å². The number of ketones is 1. The highest BCUT2D eigenvalue weighted by atomic mass is 16.1. The lowest BCUT2D eigenvalue weighted by Gasteiger charge is -2.09. The van der Waals surface area contributed by atoms with Gasteiger partial charge in [0.1, 0.15) is 0 Å². The van der Waals surface area contributed by atoms with Crippen molar-refractivity contribution in [3.63, 3.8) is 0 Å². The van der Waals surface area contributed by atoms with Crippen LogP contribution in [0.1, 0.15) is 21.5 Å². The van der Waals surface area contributed by atoms with Gasteiger partial charge in [-0.15, -0.1) is 0 Å². The van der Waals surface area contributed by atoms with E-state index in [-0.39, 0.29) is 5.78 Å². The predicted octanol–water partition coefficient (Wildman–Crippen LogP) is 2.81. The maximum Gasteiger partial charge on any atom is 0.195 e. The van der Waals surface area contributed by atoms with Gasteiger partial charge in [-0.2, -0.15) is 15.0 Å². The number of rotatable bonds is 3. The second-order valence-corrected chi connectivity index (χ2v) is 4.53. The fourth-order valence-electron chi connectivity index (χ4n) is 2.09. The Morgan fingerprint density at radius 2 is 1.70 bits per heavy atom. The van der Waals surface area contributed by atoms with Crippen LogP contribution in [-0.2, 0) is 0 Å². The Kier molecular flexibility index (Phi) is 3.13. The lowest BCUT2D eigenvalue weighted by molar-refractivity contribution is 0.103. The Hall–Kier alpha value is -2.75. The van der Waals surface area contributed by atoms with E-state index in [1.807, 2.05) is 55.5 Å². The molecule has 3 rings (SSSR count). The zero-order chi connectivity index (χ0) is 13.9. The lowest BCUT2D eigenvalue weighted by Crippen LogP contribution is -2.09. The number of hydrogen-bond donors (Lipinski definition) is 0. The largest absolute Gasteiger partial charge is 0.289 e. The summed E-state index contributed by atoms with van der Waals surface area (Å²) in [5.74, 6) is -0.0263. The molecule has 0 aliphatic rings.